The highest BCUT2D eigenvalue weighted by atomic mass is 16.5. The van der Waals surface area contributed by atoms with Crippen molar-refractivity contribution in [3.05, 3.63) is 0 Å². The number of rotatable bonds is 4. The van der Waals surface area contributed by atoms with Gasteiger partial charge in [0.15, 0.2) is 0 Å². The van der Waals surface area contributed by atoms with Crippen LogP contribution >= 0.6 is 0 Å². The van der Waals surface area contributed by atoms with Crippen LogP contribution in [0.1, 0.15) is 12.8 Å². The number of hydrogen-bond donors (Lipinski definition) is 3. The molecule has 3 N–H and O–H groups in total. The van der Waals surface area contributed by atoms with Crippen molar-refractivity contribution in [1.29, 1.82) is 0 Å². The van der Waals surface area contributed by atoms with Crippen molar-refractivity contribution in [1.82, 2.24) is 10.6 Å². The zero-order valence-electron chi connectivity index (χ0n) is 8.51. The number of nitrogens with one attached hydrogen (secondary N) is 2. The Balaban J connectivity index is 2.24. The van der Waals surface area contributed by atoms with Gasteiger partial charge in [0.05, 0.1) is 12.1 Å². The molecule has 1 aliphatic heterocycles. The van der Waals surface area contributed by atoms with Gasteiger partial charge in [0, 0.05) is 32.6 Å². The van der Waals surface area contributed by atoms with Crippen molar-refractivity contribution in [2.75, 3.05) is 33.4 Å². The summed E-state index contributed by atoms with van der Waals surface area (Å²) in [6.45, 7) is 1.74. The van der Waals surface area contributed by atoms with Crippen LogP contribution in [-0.2, 0) is 9.53 Å². The zero-order chi connectivity index (χ0) is 10.4. The Bertz CT molecular complexity index is 190. The second-order valence-electron chi connectivity index (χ2n) is 3.64. The lowest BCUT2D eigenvalue weighted by molar-refractivity contribution is -0.123. The van der Waals surface area contributed by atoms with Crippen LogP contribution in [0.15, 0.2) is 0 Å². The third-order valence-electron chi connectivity index (χ3n) is 2.38. The molecule has 0 aliphatic carbocycles. The van der Waals surface area contributed by atoms with Gasteiger partial charge in [0.1, 0.15) is 0 Å². The molecule has 0 aromatic carbocycles. The summed E-state index contributed by atoms with van der Waals surface area (Å²) in [5.74, 6) is -0.0904. The Labute approximate surface area is 83.8 Å². The average molecular weight is 202 g/mol. The van der Waals surface area contributed by atoms with E-state index in [1.54, 1.807) is 7.05 Å². The Kier molecular flexibility index (Phi) is 4.31. The lowest BCUT2D eigenvalue weighted by atomic mass is 9.94. The predicted molar refractivity (Wildman–Crippen MR) is 51.9 cm³/mol. The van der Waals surface area contributed by atoms with Crippen molar-refractivity contribution in [3.8, 4) is 0 Å². The average Bonchev–Trinajstić information content (AvgIpc) is 2.17. The number of hydrogen-bond acceptors (Lipinski definition) is 4. The lowest BCUT2D eigenvalue weighted by Crippen LogP contribution is -2.48. The second kappa shape index (κ2) is 5.29. The maximum absolute atomic E-state index is 11.1. The summed E-state index contributed by atoms with van der Waals surface area (Å²) in [6.07, 6.45) is 1.18. The molecule has 82 valence electrons. The van der Waals surface area contributed by atoms with Crippen molar-refractivity contribution in [3.63, 3.8) is 0 Å². The number of aliphatic hydroxyl groups is 1. The fraction of sp³-hybridized carbons (Fsp3) is 0.889. The van der Waals surface area contributed by atoms with E-state index in [1.807, 2.05) is 0 Å². The van der Waals surface area contributed by atoms with Gasteiger partial charge in [-0.15, -0.1) is 0 Å². The summed E-state index contributed by atoms with van der Waals surface area (Å²) in [7, 11) is 1.71. The van der Waals surface area contributed by atoms with Gasteiger partial charge >= 0.3 is 0 Å². The highest BCUT2D eigenvalue weighted by Crippen LogP contribution is 2.18. The molecule has 14 heavy (non-hydrogen) atoms. The molecule has 5 heteroatoms. The van der Waals surface area contributed by atoms with Crippen molar-refractivity contribution < 1.29 is 14.6 Å². The number of carbonyl (C=O) groups excluding carboxylic acids is 1. The molecular formula is C9H18N2O3. The SMILES string of the molecule is CNCC(=O)NCC1(O)CCOCC1. The molecule has 1 saturated heterocycles. The van der Waals surface area contributed by atoms with Crippen LogP contribution in [-0.4, -0.2) is 50.0 Å². The fourth-order valence-corrected chi connectivity index (χ4v) is 1.41. The maximum atomic E-state index is 11.1. The summed E-state index contributed by atoms with van der Waals surface area (Å²) >= 11 is 0. The molecule has 1 amide bonds. The van der Waals surface area contributed by atoms with Gasteiger partial charge in [-0.05, 0) is 7.05 Å². The minimum atomic E-state index is -0.776. The van der Waals surface area contributed by atoms with E-state index in [4.69, 9.17) is 4.74 Å². The smallest absolute Gasteiger partial charge is 0.234 e. The third-order valence-corrected chi connectivity index (χ3v) is 2.38. The molecule has 0 spiro atoms. The predicted octanol–water partition coefficient (Wildman–Crippen LogP) is -1.14. The quantitative estimate of drug-likeness (QED) is 0.539. The number of likely N-dealkylation sites (N-methyl/N-ethyl adjacent to an activating group) is 1. The molecule has 0 bridgehead atoms. The summed E-state index contributed by atoms with van der Waals surface area (Å²) in [4.78, 5) is 11.1. The van der Waals surface area contributed by atoms with Gasteiger partial charge in [0.2, 0.25) is 5.91 Å². The third kappa shape index (κ3) is 3.61. The molecule has 1 heterocycles. The zero-order valence-corrected chi connectivity index (χ0v) is 8.51. The standard InChI is InChI=1S/C9H18N2O3/c1-10-6-8(12)11-7-9(13)2-4-14-5-3-9/h10,13H,2-7H2,1H3,(H,11,12). The molecule has 0 aromatic heterocycles. The van der Waals surface area contributed by atoms with Crippen LogP contribution in [0.2, 0.25) is 0 Å². The second-order valence-corrected chi connectivity index (χ2v) is 3.64. The van der Waals surface area contributed by atoms with Crippen LogP contribution in [0.25, 0.3) is 0 Å². The Hall–Kier alpha value is -0.650. The van der Waals surface area contributed by atoms with E-state index in [0.717, 1.165) is 0 Å². The Morgan fingerprint density at radius 3 is 2.71 bits per heavy atom. The van der Waals surface area contributed by atoms with Gasteiger partial charge in [-0.3, -0.25) is 4.79 Å². The van der Waals surface area contributed by atoms with E-state index in [0.29, 0.717) is 32.6 Å². The first-order chi connectivity index (χ1) is 6.66. The highest BCUT2D eigenvalue weighted by molar-refractivity contribution is 5.77. The number of carbonyl (C=O) groups is 1. The monoisotopic (exact) mass is 202 g/mol. The molecule has 1 fully saturated rings. The first-order valence-corrected chi connectivity index (χ1v) is 4.88. The first-order valence-electron chi connectivity index (χ1n) is 4.88. The fourth-order valence-electron chi connectivity index (χ4n) is 1.41. The molecule has 0 unspecified atom stereocenters. The summed E-state index contributed by atoms with van der Waals surface area (Å²) in [5, 5.41) is 15.4. The van der Waals surface area contributed by atoms with Gasteiger partial charge in [-0.25, -0.2) is 0 Å². The highest BCUT2D eigenvalue weighted by Gasteiger charge is 2.29. The molecular weight excluding hydrogens is 184 g/mol. The Morgan fingerprint density at radius 1 is 1.50 bits per heavy atom. The minimum absolute atomic E-state index is 0.0904. The Morgan fingerprint density at radius 2 is 2.14 bits per heavy atom. The molecule has 1 rings (SSSR count). The van der Waals surface area contributed by atoms with E-state index >= 15 is 0 Å². The van der Waals surface area contributed by atoms with E-state index in [-0.39, 0.29) is 12.5 Å². The maximum Gasteiger partial charge on any atom is 0.234 e. The molecule has 5 nitrogen and oxygen atoms in total. The summed E-state index contributed by atoms with van der Waals surface area (Å²) in [5.41, 5.74) is -0.776. The van der Waals surface area contributed by atoms with Crippen LogP contribution in [0, 0.1) is 0 Å². The van der Waals surface area contributed by atoms with Gasteiger partial charge < -0.3 is 20.5 Å². The van der Waals surface area contributed by atoms with Crippen LogP contribution < -0.4 is 10.6 Å². The molecule has 0 atom stereocenters. The number of amides is 1. The van der Waals surface area contributed by atoms with E-state index < -0.39 is 5.60 Å². The topological polar surface area (TPSA) is 70.6 Å². The number of ether oxygens (including phenoxy) is 1. The largest absolute Gasteiger partial charge is 0.388 e. The van der Waals surface area contributed by atoms with Crippen LogP contribution in [0.4, 0.5) is 0 Å². The van der Waals surface area contributed by atoms with E-state index in [9.17, 15) is 9.90 Å². The van der Waals surface area contributed by atoms with Gasteiger partial charge in [-0.2, -0.15) is 0 Å². The van der Waals surface area contributed by atoms with Gasteiger partial charge in [-0.1, -0.05) is 0 Å². The van der Waals surface area contributed by atoms with Gasteiger partial charge in [0.25, 0.3) is 0 Å². The summed E-state index contributed by atoms with van der Waals surface area (Å²) in [6, 6.07) is 0. The van der Waals surface area contributed by atoms with E-state index in [1.165, 1.54) is 0 Å². The molecule has 0 radical (unpaired) electrons. The van der Waals surface area contributed by atoms with Crippen LogP contribution in [0.3, 0.4) is 0 Å². The lowest BCUT2D eigenvalue weighted by Gasteiger charge is -2.32. The normalized spacial score (nSPS) is 20.4. The molecule has 0 saturated carbocycles. The van der Waals surface area contributed by atoms with Crippen molar-refractivity contribution >= 4 is 5.91 Å². The summed E-state index contributed by atoms with van der Waals surface area (Å²) < 4.78 is 5.13. The first kappa shape index (κ1) is 11.4. The van der Waals surface area contributed by atoms with Crippen LogP contribution in [0.5, 0.6) is 0 Å². The molecule has 0 aromatic rings. The van der Waals surface area contributed by atoms with Crippen molar-refractivity contribution in [2.45, 2.75) is 18.4 Å². The van der Waals surface area contributed by atoms with E-state index in [2.05, 4.69) is 10.6 Å². The van der Waals surface area contributed by atoms with Crippen molar-refractivity contribution in [2.24, 2.45) is 0 Å². The molecule has 1 aliphatic rings. The minimum Gasteiger partial charge on any atom is -0.388 e.